The van der Waals surface area contributed by atoms with Crippen molar-refractivity contribution in [3.63, 3.8) is 0 Å². The molecular formula is C11H25NO2S. The van der Waals surface area contributed by atoms with E-state index in [0.29, 0.717) is 17.5 Å². The average Bonchev–Trinajstić information content (AvgIpc) is 2.10. The van der Waals surface area contributed by atoms with Crippen LogP contribution in [0.2, 0.25) is 0 Å². The molecule has 0 aromatic carbocycles. The first kappa shape index (κ1) is 14.9. The van der Waals surface area contributed by atoms with Crippen LogP contribution in [0.1, 0.15) is 40.0 Å². The smallest absolute Gasteiger partial charge is 0.150 e. The van der Waals surface area contributed by atoms with E-state index in [1.807, 2.05) is 20.9 Å². The van der Waals surface area contributed by atoms with Crippen molar-refractivity contribution in [1.82, 2.24) is 5.32 Å². The number of unbranched alkanes of at least 4 members (excludes halogenated alkanes) is 1. The van der Waals surface area contributed by atoms with E-state index < -0.39 is 9.84 Å². The van der Waals surface area contributed by atoms with Crippen LogP contribution in [0, 0.1) is 5.92 Å². The van der Waals surface area contributed by atoms with E-state index in [4.69, 9.17) is 0 Å². The third-order valence-electron chi connectivity index (χ3n) is 2.42. The molecule has 0 fully saturated rings. The Morgan fingerprint density at radius 2 is 1.73 bits per heavy atom. The fourth-order valence-corrected chi connectivity index (χ4v) is 3.33. The van der Waals surface area contributed by atoms with Crippen molar-refractivity contribution < 1.29 is 8.42 Å². The minimum Gasteiger partial charge on any atom is -0.317 e. The van der Waals surface area contributed by atoms with Crippen LogP contribution in [-0.2, 0) is 9.84 Å². The molecule has 1 atom stereocenters. The number of hydrogen-bond donors (Lipinski definition) is 1. The van der Waals surface area contributed by atoms with Crippen LogP contribution in [0.4, 0.5) is 0 Å². The minimum absolute atomic E-state index is 0.242. The van der Waals surface area contributed by atoms with Gasteiger partial charge in [0.1, 0.15) is 0 Å². The van der Waals surface area contributed by atoms with Crippen molar-refractivity contribution >= 4 is 9.84 Å². The largest absolute Gasteiger partial charge is 0.317 e. The van der Waals surface area contributed by atoms with Gasteiger partial charge in [-0.15, -0.1) is 0 Å². The maximum atomic E-state index is 11.5. The lowest BCUT2D eigenvalue weighted by molar-refractivity contribution is 0.532. The predicted molar refractivity (Wildman–Crippen MR) is 65.9 cm³/mol. The summed E-state index contributed by atoms with van der Waals surface area (Å²) in [5, 5.41) is 3.15. The fourth-order valence-electron chi connectivity index (χ4n) is 1.51. The Labute approximate surface area is 94.6 Å². The van der Waals surface area contributed by atoms with Gasteiger partial charge in [-0.3, -0.25) is 0 Å². The normalized spacial score (nSPS) is 14.5. The first-order chi connectivity index (χ1) is 6.87. The molecule has 0 saturated carbocycles. The summed E-state index contributed by atoms with van der Waals surface area (Å²) in [6.07, 6.45) is 2.83. The fraction of sp³-hybridized carbons (Fsp3) is 1.00. The van der Waals surface area contributed by atoms with Crippen LogP contribution in [0.15, 0.2) is 0 Å². The van der Waals surface area contributed by atoms with Crippen LogP contribution >= 0.6 is 0 Å². The van der Waals surface area contributed by atoms with Gasteiger partial charge in [-0.05, 0) is 32.7 Å². The van der Waals surface area contributed by atoms with Gasteiger partial charge in [-0.1, -0.05) is 20.3 Å². The molecular weight excluding hydrogens is 210 g/mol. The summed E-state index contributed by atoms with van der Waals surface area (Å²) >= 11 is 0. The highest BCUT2D eigenvalue weighted by molar-refractivity contribution is 7.91. The quantitative estimate of drug-likeness (QED) is 0.653. The Balaban J connectivity index is 3.67. The summed E-state index contributed by atoms with van der Waals surface area (Å²) in [6.45, 7) is 6.00. The van der Waals surface area contributed by atoms with Gasteiger partial charge in [0.25, 0.3) is 0 Å². The molecule has 0 rings (SSSR count). The molecule has 0 heterocycles. The maximum absolute atomic E-state index is 11.5. The molecule has 0 aromatic rings. The Kier molecular flexibility index (Phi) is 7.18. The third kappa shape index (κ3) is 8.88. The maximum Gasteiger partial charge on any atom is 0.150 e. The molecule has 0 aliphatic carbocycles. The Hall–Kier alpha value is -0.0900. The van der Waals surface area contributed by atoms with E-state index in [1.54, 1.807) is 0 Å². The second kappa shape index (κ2) is 7.23. The van der Waals surface area contributed by atoms with Gasteiger partial charge in [-0.25, -0.2) is 8.42 Å². The molecule has 1 unspecified atom stereocenters. The van der Waals surface area contributed by atoms with Crippen molar-refractivity contribution in [3.05, 3.63) is 0 Å². The van der Waals surface area contributed by atoms with E-state index in [2.05, 4.69) is 12.2 Å². The summed E-state index contributed by atoms with van der Waals surface area (Å²) in [4.78, 5) is 0. The third-order valence-corrected chi connectivity index (χ3v) is 4.51. The highest BCUT2D eigenvalue weighted by Crippen LogP contribution is 2.06. The molecule has 0 aromatic heterocycles. The van der Waals surface area contributed by atoms with E-state index >= 15 is 0 Å². The SMILES string of the molecule is CNC(C)CCCCS(=O)(=O)CC(C)C. The van der Waals surface area contributed by atoms with Gasteiger partial charge >= 0.3 is 0 Å². The molecule has 1 N–H and O–H groups in total. The van der Waals surface area contributed by atoms with Crippen LogP contribution in [0.5, 0.6) is 0 Å². The Morgan fingerprint density at radius 1 is 1.13 bits per heavy atom. The minimum atomic E-state index is -2.81. The zero-order valence-electron chi connectivity index (χ0n) is 10.4. The molecule has 0 aliphatic heterocycles. The van der Waals surface area contributed by atoms with Crippen molar-refractivity contribution in [3.8, 4) is 0 Å². The lowest BCUT2D eigenvalue weighted by Crippen LogP contribution is -2.21. The highest BCUT2D eigenvalue weighted by Gasteiger charge is 2.12. The zero-order chi connectivity index (χ0) is 11.9. The second-order valence-corrected chi connectivity index (χ2v) is 6.92. The monoisotopic (exact) mass is 235 g/mol. The van der Waals surface area contributed by atoms with Crippen molar-refractivity contribution in [2.24, 2.45) is 5.92 Å². The first-order valence-corrected chi connectivity index (χ1v) is 7.57. The lowest BCUT2D eigenvalue weighted by atomic mass is 10.1. The van der Waals surface area contributed by atoms with Crippen molar-refractivity contribution in [2.75, 3.05) is 18.6 Å². The molecule has 3 nitrogen and oxygen atoms in total. The number of sulfone groups is 1. The van der Waals surface area contributed by atoms with Gasteiger partial charge in [0.15, 0.2) is 9.84 Å². The van der Waals surface area contributed by atoms with Gasteiger partial charge in [0.05, 0.1) is 11.5 Å². The van der Waals surface area contributed by atoms with Crippen molar-refractivity contribution in [1.29, 1.82) is 0 Å². The van der Waals surface area contributed by atoms with Crippen LogP contribution in [0.3, 0.4) is 0 Å². The average molecular weight is 235 g/mol. The van der Waals surface area contributed by atoms with E-state index in [9.17, 15) is 8.42 Å². The van der Waals surface area contributed by atoms with Crippen LogP contribution in [-0.4, -0.2) is 33.0 Å². The molecule has 0 saturated heterocycles. The number of hydrogen-bond acceptors (Lipinski definition) is 3. The standard InChI is InChI=1S/C11H25NO2S/c1-10(2)9-15(13,14)8-6-5-7-11(3)12-4/h10-12H,5-9H2,1-4H3. The van der Waals surface area contributed by atoms with Crippen LogP contribution < -0.4 is 5.32 Å². The summed E-state index contributed by atoms with van der Waals surface area (Å²) in [7, 11) is -0.875. The van der Waals surface area contributed by atoms with Gasteiger partial charge < -0.3 is 5.32 Å². The molecule has 0 amide bonds. The number of nitrogens with one attached hydrogen (secondary N) is 1. The molecule has 0 bridgehead atoms. The summed E-state index contributed by atoms with van der Waals surface area (Å²) in [5.74, 6) is 0.919. The highest BCUT2D eigenvalue weighted by atomic mass is 32.2. The molecule has 92 valence electrons. The van der Waals surface area contributed by atoms with Gasteiger partial charge in [0.2, 0.25) is 0 Å². The Bertz CT molecular complexity index is 247. The van der Waals surface area contributed by atoms with Gasteiger partial charge in [0, 0.05) is 6.04 Å². The summed E-state index contributed by atoms with van der Waals surface area (Å²) < 4.78 is 23.1. The summed E-state index contributed by atoms with van der Waals surface area (Å²) in [5.41, 5.74) is 0. The van der Waals surface area contributed by atoms with E-state index in [1.165, 1.54) is 0 Å². The van der Waals surface area contributed by atoms with Crippen LogP contribution in [0.25, 0.3) is 0 Å². The topological polar surface area (TPSA) is 46.2 Å². The molecule has 15 heavy (non-hydrogen) atoms. The molecule has 4 heteroatoms. The molecule has 0 spiro atoms. The first-order valence-electron chi connectivity index (χ1n) is 5.75. The second-order valence-electron chi connectivity index (χ2n) is 4.69. The summed E-state index contributed by atoms with van der Waals surface area (Å²) in [6, 6.07) is 0.484. The van der Waals surface area contributed by atoms with Crippen molar-refractivity contribution in [2.45, 2.75) is 46.1 Å². The Morgan fingerprint density at radius 3 is 2.20 bits per heavy atom. The number of rotatable bonds is 8. The molecule has 0 aliphatic rings. The van der Waals surface area contributed by atoms with E-state index in [0.717, 1.165) is 19.3 Å². The zero-order valence-corrected chi connectivity index (χ0v) is 11.2. The lowest BCUT2D eigenvalue weighted by Gasteiger charge is -2.10. The predicted octanol–water partition coefficient (Wildman–Crippen LogP) is 1.84. The van der Waals surface area contributed by atoms with Gasteiger partial charge in [-0.2, -0.15) is 0 Å². The van der Waals surface area contributed by atoms with E-state index in [-0.39, 0.29) is 5.92 Å². The molecule has 0 radical (unpaired) electrons.